The van der Waals surface area contributed by atoms with Gasteiger partial charge in [0.2, 0.25) is 0 Å². The molecule has 10 nitrogen and oxygen atoms in total. The predicted molar refractivity (Wildman–Crippen MR) is 225 cm³/mol. The van der Waals surface area contributed by atoms with Crippen molar-refractivity contribution >= 4 is 19.8 Å². The molecular weight excluding hydrogens is 717 g/mol. The Morgan fingerprint density at radius 2 is 0.982 bits per heavy atom. The van der Waals surface area contributed by atoms with E-state index >= 15 is 0 Å². The fraction of sp³-hybridized carbons (Fsp3) is 0.500. The highest BCUT2D eigenvalue weighted by Gasteiger charge is 2.27. The van der Waals surface area contributed by atoms with Crippen LogP contribution in [0.2, 0.25) is 0 Å². The Balaban J connectivity index is 4.55. The molecule has 0 amide bonds. The molecule has 0 radical (unpaired) electrons. The average molecular weight is 786 g/mol. The normalized spacial score (nSPS) is 15.3. The minimum Gasteiger partial charge on any atom is -0.480 e. The second-order valence-corrected chi connectivity index (χ2v) is 13.8. The Morgan fingerprint density at radius 3 is 1.42 bits per heavy atom. The molecule has 0 aliphatic carbocycles. The van der Waals surface area contributed by atoms with E-state index in [-0.39, 0.29) is 13.0 Å². The summed E-state index contributed by atoms with van der Waals surface area (Å²) >= 11 is 0. The Kier molecular flexibility index (Phi) is 36.1. The quantitative estimate of drug-likeness (QED) is 0.0245. The van der Waals surface area contributed by atoms with Crippen LogP contribution in [0.4, 0.5) is 0 Å². The van der Waals surface area contributed by atoms with Gasteiger partial charge in [-0.15, -0.1) is 0 Å². The van der Waals surface area contributed by atoms with Gasteiger partial charge < -0.3 is 25.2 Å². The van der Waals surface area contributed by atoms with Crippen molar-refractivity contribution in [2.45, 2.75) is 116 Å². The molecule has 4 N–H and O–H groups in total. The molecule has 0 rings (SSSR count). The maximum Gasteiger partial charge on any atom is 0.472 e. The molecule has 0 aromatic heterocycles. The van der Waals surface area contributed by atoms with Crippen LogP contribution in [0.1, 0.15) is 104 Å². The van der Waals surface area contributed by atoms with Crippen LogP contribution in [-0.2, 0) is 32.7 Å². The number of carboxylic acids is 1. The number of unbranched alkanes of at least 4 members (excludes halogenated alkanes) is 2. The molecule has 0 aliphatic rings. The smallest absolute Gasteiger partial charge is 0.472 e. The third-order valence-corrected chi connectivity index (χ3v) is 8.22. The molecule has 3 unspecified atom stereocenters. The highest BCUT2D eigenvalue weighted by atomic mass is 31.2. The van der Waals surface area contributed by atoms with E-state index in [9.17, 15) is 19.0 Å². The van der Waals surface area contributed by atoms with Crippen molar-refractivity contribution < 1.29 is 42.7 Å². The van der Waals surface area contributed by atoms with Crippen LogP contribution in [0.25, 0.3) is 0 Å². The van der Waals surface area contributed by atoms with Crippen LogP contribution in [0.3, 0.4) is 0 Å². The monoisotopic (exact) mass is 785 g/mol. The van der Waals surface area contributed by atoms with Gasteiger partial charge in [-0.2, -0.15) is 0 Å². The summed E-state index contributed by atoms with van der Waals surface area (Å²) in [6.45, 7) is 3.37. The molecule has 0 saturated carbocycles. The number of carbonyl (C=O) groups is 2. The first-order chi connectivity index (χ1) is 26.7. The first-order valence-corrected chi connectivity index (χ1v) is 21.1. The number of ether oxygens (including phenoxy) is 2. The number of phosphoric ester groups is 1. The van der Waals surface area contributed by atoms with Crippen molar-refractivity contribution in [2.24, 2.45) is 5.73 Å². The molecule has 0 aliphatic heterocycles. The van der Waals surface area contributed by atoms with Crippen LogP contribution in [0, 0.1) is 0 Å². The number of carbonyl (C=O) groups excluding carboxylic acids is 1. The molecule has 0 heterocycles. The number of phosphoric acid groups is 1. The molecule has 0 aromatic carbocycles. The van der Waals surface area contributed by atoms with Gasteiger partial charge in [0.15, 0.2) is 0 Å². The summed E-state index contributed by atoms with van der Waals surface area (Å²) in [6.07, 6.45) is 52.9. The van der Waals surface area contributed by atoms with Gasteiger partial charge in [-0.05, 0) is 83.5 Å². The Labute approximate surface area is 331 Å². The van der Waals surface area contributed by atoms with E-state index in [1.165, 1.54) is 0 Å². The number of allylic oxidation sites excluding steroid dienone is 19. The van der Waals surface area contributed by atoms with Crippen molar-refractivity contribution in [3.8, 4) is 0 Å². The molecule has 0 aromatic rings. The molecule has 55 heavy (non-hydrogen) atoms. The number of rotatable bonds is 35. The van der Waals surface area contributed by atoms with E-state index in [1.54, 1.807) is 6.08 Å². The molecular formula is C44H68NO9P. The third-order valence-electron chi connectivity index (χ3n) is 7.27. The second kappa shape index (κ2) is 38.6. The van der Waals surface area contributed by atoms with E-state index in [0.717, 1.165) is 77.0 Å². The minimum absolute atomic E-state index is 0.00196. The first kappa shape index (κ1) is 51.4. The van der Waals surface area contributed by atoms with Crippen LogP contribution in [-0.4, -0.2) is 60.5 Å². The molecule has 0 fully saturated rings. The standard InChI is InChI=1S/C44H68NO9P/c1-3-5-7-9-11-13-15-17-19-20-21-23-25-27-29-31-33-35-37-51-38-41(39-52-55(49,50)53-40-42(45)44(47)48)54-43(46)36-34-32-30-28-26-24-22-18-16-14-12-10-8-6-4-2/h5-8,11-14,17-19,21-23,26-29,32,34,41-42H,3-4,9-10,15-16,20,24-25,30-31,33,35-40,45H2,1-2H3,(H,47,48)(H,49,50)/b7-5-,8-6-,13-11-,14-12-,19-17-,22-18-,23-21-,28-26-,29-27-,34-32-. The number of nitrogens with two attached hydrogens (primary N) is 1. The lowest BCUT2D eigenvalue weighted by molar-refractivity contribution is -0.153. The summed E-state index contributed by atoms with van der Waals surface area (Å²) in [6, 6.07) is -1.50. The van der Waals surface area contributed by atoms with Gasteiger partial charge in [0.05, 0.1) is 26.2 Å². The maximum absolute atomic E-state index is 12.5. The lowest BCUT2D eigenvalue weighted by Gasteiger charge is -2.20. The molecule has 3 atom stereocenters. The summed E-state index contributed by atoms with van der Waals surface area (Å²) in [5, 5.41) is 8.87. The molecule has 11 heteroatoms. The van der Waals surface area contributed by atoms with Gasteiger partial charge in [-0.3, -0.25) is 18.6 Å². The van der Waals surface area contributed by atoms with Gasteiger partial charge >= 0.3 is 19.8 Å². The van der Waals surface area contributed by atoms with E-state index in [0.29, 0.717) is 13.0 Å². The Bertz CT molecular complexity index is 1320. The van der Waals surface area contributed by atoms with E-state index in [1.807, 2.05) is 12.2 Å². The summed E-state index contributed by atoms with van der Waals surface area (Å²) in [5.41, 5.74) is 5.33. The van der Waals surface area contributed by atoms with E-state index < -0.39 is 45.1 Å². The van der Waals surface area contributed by atoms with Gasteiger partial charge in [-0.25, -0.2) is 4.57 Å². The fourth-order valence-corrected chi connectivity index (χ4v) is 5.07. The number of aliphatic carboxylic acids is 1. The van der Waals surface area contributed by atoms with Gasteiger partial charge in [-0.1, -0.05) is 135 Å². The van der Waals surface area contributed by atoms with Crippen LogP contribution < -0.4 is 5.73 Å². The second-order valence-electron chi connectivity index (χ2n) is 12.3. The summed E-state index contributed by atoms with van der Waals surface area (Å²) in [7, 11) is -4.66. The average Bonchev–Trinajstić information content (AvgIpc) is 3.16. The Morgan fingerprint density at radius 1 is 0.582 bits per heavy atom. The highest BCUT2D eigenvalue weighted by Crippen LogP contribution is 2.43. The topological polar surface area (TPSA) is 155 Å². The minimum atomic E-state index is -4.66. The van der Waals surface area contributed by atoms with Crippen LogP contribution >= 0.6 is 7.82 Å². The van der Waals surface area contributed by atoms with E-state index in [4.69, 9.17) is 24.8 Å². The van der Waals surface area contributed by atoms with E-state index in [2.05, 4.69) is 122 Å². The highest BCUT2D eigenvalue weighted by molar-refractivity contribution is 7.47. The summed E-state index contributed by atoms with van der Waals surface area (Å²) in [5.74, 6) is -1.95. The van der Waals surface area contributed by atoms with Gasteiger partial charge in [0, 0.05) is 6.61 Å². The molecule has 0 bridgehead atoms. The van der Waals surface area contributed by atoms with Crippen molar-refractivity contribution in [1.82, 2.24) is 0 Å². The third kappa shape index (κ3) is 38.4. The zero-order valence-electron chi connectivity index (χ0n) is 33.2. The SMILES string of the molecule is CC/C=C\C/C=C\C/C=C\C/C=C\C/C=C\CCCCOCC(COP(=O)(O)OCC(N)C(=O)O)OC(=O)C/C=C\C/C=C\C/C=C\C/C=C\C/C=C\CC. The summed E-state index contributed by atoms with van der Waals surface area (Å²) in [4.78, 5) is 33.4. The van der Waals surface area contributed by atoms with Crippen molar-refractivity contribution in [1.29, 1.82) is 0 Å². The van der Waals surface area contributed by atoms with Gasteiger partial charge in [0.25, 0.3) is 0 Å². The number of carboxylic acid groups (broad SMARTS) is 1. The van der Waals surface area contributed by atoms with Crippen LogP contribution in [0.15, 0.2) is 122 Å². The molecule has 0 spiro atoms. The fourth-order valence-electron chi connectivity index (χ4n) is 4.29. The van der Waals surface area contributed by atoms with Crippen LogP contribution in [0.5, 0.6) is 0 Å². The molecule has 0 saturated heterocycles. The number of hydrogen-bond donors (Lipinski definition) is 3. The van der Waals surface area contributed by atoms with Crippen molar-refractivity contribution in [3.63, 3.8) is 0 Å². The first-order valence-electron chi connectivity index (χ1n) is 19.6. The predicted octanol–water partition coefficient (Wildman–Crippen LogP) is 10.5. The summed E-state index contributed by atoms with van der Waals surface area (Å²) < 4.78 is 33.1. The largest absolute Gasteiger partial charge is 0.480 e. The zero-order chi connectivity index (χ0) is 40.5. The Hall–Kier alpha value is -3.63. The molecule has 308 valence electrons. The number of hydrogen-bond acceptors (Lipinski definition) is 8. The zero-order valence-corrected chi connectivity index (χ0v) is 34.1. The maximum atomic E-state index is 12.5. The van der Waals surface area contributed by atoms with Gasteiger partial charge in [0.1, 0.15) is 12.1 Å². The lowest BCUT2D eigenvalue weighted by atomic mass is 10.2. The lowest BCUT2D eigenvalue weighted by Crippen LogP contribution is -2.34. The van der Waals surface area contributed by atoms with Crippen molar-refractivity contribution in [2.75, 3.05) is 26.4 Å². The van der Waals surface area contributed by atoms with Crippen molar-refractivity contribution in [3.05, 3.63) is 122 Å². The number of esters is 1.